The molecule has 0 saturated carbocycles. The lowest BCUT2D eigenvalue weighted by molar-refractivity contribution is 0.0754. The van der Waals surface area contributed by atoms with E-state index in [4.69, 9.17) is 4.84 Å². The first-order valence-corrected chi connectivity index (χ1v) is 9.44. The van der Waals surface area contributed by atoms with Gasteiger partial charge in [0.1, 0.15) is 17.7 Å². The van der Waals surface area contributed by atoms with Crippen molar-refractivity contribution >= 4 is 22.5 Å². The van der Waals surface area contributed by atoms with Crippen LogP contribution < -0.4 is 5.32 Å². The van der Waals surface area contributed by atoms with Crippen LogP contribution in [-0.2, 0) is 18.3 Å². The molecule has 7 heteroatoms. The second kappa shape index (κ2) is 7.58. The Morgan fingerprint density at radius 1 is 1.34 bits per heavy atom. The summed E-state index contributed by atoms with van der Waals surface area (Å²) in [4.78, 5) is 18.3. The van der Waals surface area contributed by atoms with Crippen LogP contribution in [0, 0.1) is 12.7 Å². The summed E-state index contributed by atoms with van der Waals surface area (Å²) in [6, 6.07) is 11.4. The minimum Gasteiger partial charge on any atom is -0.508 e. The molecule has 1 aromatic heterocycles. The van der Waals surface area contributed by atoms with Crippen LogP contribution in [0.4, 0.5) is 4.39 Å². The van der Waals surface area contributed by atoms with E-state index in [1.54, 1.807) is 24.3 Å². The molecule has 0 spiro atoms. The lowest BCUT2D eigenvalue weighted by Gasteiger charge is -2.10. The summed E-state index contributed by atoms with van der Waals surface area (Å²) >= 11 is 0. The van der Waals surface area contributed by atoms with Crippen molar-refractivity contribution < 1.29 is 19.1 Å². The van der Waals surface area contributed by atoms with Crippen molar-refractivity contribution in [1.29, 1.82) is 0 Å². The van der Waals surface area contributed by atoms with Crippen LogP contribution in [0.25, 0.3) is 10.9 Å². The van der Waals surface area contributed by atoms with Gasteiger partial charge in [0.2, 0.25) is 0 Å². The molecule has 4 rings (SSSR count). The number of halogens is 1. The van der Waals surface area contributed by atoms with E-state index in [0.29, 0.717) is 30.3 Å². The molecule has 0 saturated heterocycles. The van der Waals surface area contributed by atoms with Crippen LogP contribution in [0.5, 0.6) is 5.75 Å². The first-order valence-electron chi connectivity index (χ1n) is 9.44. The highest BCUT2D eigenvalue weighted by molar-refractivity contribution is 6.08. The molecule has 6 nitrogen and oxygen atoms in total. The van der Waals surface area contributed by atoms with E-state index in [-0.39, 0.29) is 23.6 Å². The molecule has 0 bridgehead atoms. The molecule has 0 radical (unpaired) electrons. The molecule has 1 atom stereocenters. The number of nitrogens with one attached hydrogen (secondary N) is 1. The van der Waals surface area contributed by atoms with E-state index >= 15 is 0 Å². The first kappa shape index (κ1) is 19.0. The topological polar surface area (TPSA) is 75.8 Å². The molecule has 0 aliphatic carbocycles. The highest BCUT2D eigenvalue weighted by Crippen LogP contribution is 2.28. The van der Waals surface area contributed by atoms with Gasteiger partial charge in [-0.05, 0) is 42.8 Å². The molecule has 2 heterocycles. The van der Waals surface area contributed by atoms with Crippen LogP contribution in [0.15, 0.2) is 47.6 Å². The van der Waals surface area contributed by atoms with Crippen molar-refractivity contribution in [3.05, 3.63) is 65.1 Å². The minimum atomic E-state index is -0.276. The van der Waals surface area contributed by atoms with E-state index in [0.717, 1.165) is 22.5 Å². The lowest BCUT2D eigenvalue weighted by Crippen LogP contribution is -2.32. The molecular weight excluding hydrogens is 373 g/mol. The Bertz CT molecular complexity index is 1120. The number of aryl methyl sites for hydroxylation is 1. The molecule has 1 amide bonds. The maximum Gasteiger partial charge on any atom is 0.253 e. The minimum absolute atomic E-state index is 0.117. The van der Waals surface area contributed by atoms with Gasteiger partial charge in [-0.2, -0.15) is 0 Å². The van der Waals surface area contributed by atoms with E-state index in [1.807, 2.05) is 24.6 Å². The number of phenolic OH excluding ortho intramolecular Hbond substituents is 1. The van der Waals surface area contributed by atoms with E-state index < -0.39 is 0 Å². The van der Waals surface area contributed by atoms with E-state index in [2.05, 4.69) is 10.5 Å². The maximum absolute atomic E-state index is 13.3. The number of benzene rings is 2. The van der Waals surface area contributed by atoms with Gasteiger partial charge in [-0.25, -0.2) is 4.39 Å². The molecule has 1 aliphatic heterocycles. The number of carbonyl (C=O) groups excluding carboxylic acids is 1. The van der Waals surface area contributed by atoms with Crippen LogP contribution >= 0.6 is 0 Å². The van der Waals surface area contributed by atoms with Gasteiger partial charge in [-0.15, -0.1) is 0 Å². The SMILES string of the molecule is Cc1c(C(=O)NC[C@@H]2CC(Cc3cccc(F)c3)=NO2)c2cc(O)ccc2n1C. The Balaban J connectivity index is 1.39. The van der Waals surface area contributed by atoms with E-state index in [9.17, 15) is 14.3 Å². The molecule has 0 unspecified atom stereocenters. The zero-order valence-corrected chi connectivity index (χ0v) is 16.3. The van der Waals surface area contributed by atoms with Gasteiger partial charge in [-0.3, -0.25) is 4.79 Å². The van der Waals surface area contributed by atoms with Gasteiger partial charge in [-0.1, -0.05) is 17.3 Å². The number of rotatable bonds is 5. The molecule has 1 aliphatic rings. The van der Waals surface area contributed by atoms with Crippen molar-refractivity contribution in [2.75, 3.05) is 6.54 Å². The highest BCUT2D eigenvalue weighted by atomic mass is 19.1. The third-order valence-electron chi connectivity index (χ3n) is 5.28. The maximum atomic E-state index is 13.3. The van der Waals surface area contributed by atoms with Crippen LogP contribution in [0.1, 0.15) is 28.0 Å². The molecule has 3 aromatic rings. The number of fused-ring (bicyclic) bond motifs is 1. The number of amides is 1. The van der Waals surface area contributed by atoms with Crippen molar-refractivity contribution in [1.82, 2.24) is 9.88 Å². The number of hydrogen-bond donors (Lipinski definition) is 2. The van der Waals surface area contributed by atoms with Crippen LogP contribution in [0.2, 0.25) is 0 Å². The van der Waals surface area contributed by atoms with Gasteiger partial charge in [0.25, 0.3) is 5.91 Å². The summed E-state index contributed by atoms with van der Waals surface area (Å²) in [6.07, 6.45) is 0.835. The van der Waals surface area contributed by atoms with Crippen molar-refractivity contribution in [3.8, 4) is 5.75 Å². The fourth-order valence-corrected chi connectivity index (χ4v) is 3.72. The third-order valence-corrected chi connectivity index (χ3v) is 5.28. The lowest BCUT2D eigenvalue weighted by atomic mass is 10.0. The molecule has 29 heavy (non-hydrogen) atoms. The fourth-order valence-electron chi connectivity index (χ4n) is 3.72. The quantitative estimate of drug-likeness (QED) is 0.695. The summed E-state index contributed by atoms with van der Waals surface area (Å²) in [7, 11) is 1.89. The van der Waals surface area contributed by atoms with Crippen molar-refractivity contribution in [3.63, 3.8) is 0 Å². The predicted octanol–water partition coefficient (Wildman–Crippen LogP) is 3.45. The molecule has 2 N–H and O–H groups in total. The summed E-state index contributed by atoms with van der Waals surface area (Å²) in [5.41, 5.74) is 3.89. The first-order chi connectivity index (χ1) is 13.9. The normalized spacial score (nSPS) is 16.0. The number of nitrogens with zero attached hydrogens (tertiary/aromatic N) is 2. The predicted molar refractivity (Wildman–Crippen MR) is 109 cm³/mol. The summed E-state index contributed by atoms with van der Waals surface area (Å²) in [5, 5.41) is 17.5. The number of oxime groups is 1. The summed E-state index contributed by atoms with van der Waals surface area (Å²) in [6.45, 7) is 2.18. The Morgan fingerprint density at radius 3 is 2.97 bits per heavy atom. The Kier molecular flexibility index (Phi) is 4.96. The van der Waals surface area contributed by atoms with Gasteiger partial charge in [0.05, 0.1) is 17.8 Å². The largest absolute Gasteiger partial charge is 0.508 e. The zero-order chi connectivity index (χ0) is 20.5. The third kappa shape index (κ3) is 3.81. The van der Waals surface area contributed by atoms with Gasteiger partial charge in [0, 0.05) is 36.5 Å². The molecule has 150 valence electrons. The van der Waals surface area contributed by atoms with Crippen molar-refractivity contribution in [2.45, 2.75) is 25.9 Å². The van der Waals surface area contributed by atoms with Crippen LogP contribution in [-0.4, -0.2) is 33.9 Å². The van der Waals surface area contributed by atoms with Crippen molar-refractivity contribution in [2.24, 2.45) is 12.2 Å². The smallest absolute Gasteiger partial charge is 0.253 e. The summed E-state index contributed by atoms with van der Waals surface area (Å²) < 4.78 is 15.2. The number of aromatic hydroxyl groups is 1. The second-order valence-electron chi connectivity index (χ2n) is 7.33. The fraction of sp³-hybridized carbons (Fsp3) is 0.273. The standard InChI is InChI=1S/C22H22FN3O3/c1-13-21(19-11-17(27)6-7-20(19)26(13)2)22(28)24-12-18-10-16(25-29-18)9-14-4-3-5-15(23)8-14/h3-8,11,18,27H,9-10,12H2,1-2H3,(H,24,28)/t18-/m0/s1. The molecular formula is C22H22FN3O3. The monoisotopic (exact) mass is 395 g/mol. The number of phenols is 1. The number of carbonyl (C=O) groups is 1. The number of hydrogen-bond acceptors (Lipinski definition) is 4. The van der Waals surface area contributed by atoms with Gasteiger partial charge in [0.15, 0.2) is 0 Å². The Labute approximate surface area is 167 Å². The number of aromatic nitrogens is 1. The highest BCUT2D eigenvalue weighted by Gasteiger charge is 2.24. The Morgan fingerprint density at radius 2 is 2.17 bits per heavy atom. The van der Waals surface area contributed by atoms with E-state index in [1.165, 1.54) is 12.1 Å². The van der Waals surface area contributed by atoms with Crippen LogP contribution in [0.3, 0.4) is 0 Å². The second-order valence-corrected chi connectivity index (χ2v) is 7.33. The molecule has 0 fully saturated rings. The van der Waals surface area contributed by atoms with Gasteiger partial charge < -0.3 is 19.8 Å². The Hall–Kier alpha value is -3.35. The molecule has 2 aromatic carbocycles. The zero-order valence-electron chi connectivity index (χ0n) is 16.3. The average Bonchev–Trinajstić information content (AvgIpc) is 3.22. The summed E-state index contributed by atoms with van der Waals surface area (Å²) in [5.74, 6) is -0.380. The average molecular weight is 395 g/mol. The van der Waals surface area contributed by atoms with Gasteiger partial charge >= 0.3 is 0 Å².